The number of rotatable bonds is 12. The van der Waals surface area contributed by atoms with E-state index in [9.17, 15) is 24.6 Å². The summed E-state index contributed by atoms with van der Waals surface area (Å²) in [6, 6.07) is 14.7. The van der Waals surface area contributed by atoms with Gasteiger partial charge < -0.3 is 25.0 Å². The smallest absolute Gasteiger partial charge is 0.308 e. The lowest BCUT2D eigenvalue weighted by Crippen LogP contribution is -2.40. The summed E-state index contributed by atoms with van der Waals surface area (Å²) < 4.78 is 10.9. The molecule has 2 atom stereocenters. The van der Waals surface area contributed by atoms with Crippen LogP contribution >= 0.6 is 11.6 Å². The predicted molar refractivity (Wildman–Crippen MR) is 139 cm³/mol. The normalized spacial score (nSPS) is 12.4. The van der Waals surface area contributed by atoms with Gasteiger partial charge in [-0.05, 0) is 41.7 Å². The van der Waals surface area contributed by atoms with Gasteiger partial charge in [0.15, 0.2) is 5.69 Å². The summed E-state index contributed by atoms with van der Waals surface area (Å²) in [5, 5.41) is 28.1. The Balaban J connectivity index is 1.70. The van der Waals surface area contributed by atoms with Crippen molar-refractivity contribution in [1.29, 1.82) is 0 Å². The van der Waals surface area contributed by atoms with E-state index in [1.807, 2.05) is 37.3 Å². The number of halogens is 1. The van der Waals surface area contributed by atoms with Gasteiger partial charge in [0.25, 0.3) is 5.91 Å². The Hall–Kier alpha value is -3.89. The van der Waals surface area contributed by atoms with E-state index in [4.69, 9.17) is 21.1 Å². The maximum absolute atomic E-state index is 12.8. The minimum atomic E-state index is -1.18. The van der Waals surface area contributed by atoms with Crippen LogP contribution in [-0.4, -0.2) is 50.7 Å². The minimum Gasteiger partial charge on any atom is -0.493 e. The summed E-state index contributed by atoms with van der Waals surface area (Å²) in [7, 11) is 1.48. The molecule has 0 bridgehead atoms. The number of nitrogens with zero attached hydrogens (tertiary/aromatic N) is 2. The van der Waals surface area contributed by atoms with Crippen LogP contribution in [0.4, 0.5) is 0 Å². The van der Waals surface area contributed by atoms with Crippen LogP contribution in [0, 0.1) is 0 Å². The first-order chi connectivity index (χ1) is 18.2. The fourth-order valence-electron chi connectivity index (χ4n) is 3.68. The summed E-state index contributed by atoms with van der Waals surface area (Å²) in [6.45, 7) is 1.32. The van der Waals surface area contributed by atoms with Crippen molar-refractivity contribution >= 4 is 29.4 Å². The first kappa shape index (κ1) is 28.7. The summed E-state index contributed by atoms with van der Waals surface area (Å²) in [5.41, 5.74) is 2.24. The van der Waals surface area contributed by atoms with Crippen molar-refractivity contribution in [2.75, 3.05) is 6.79 Å². The molecule has 0 radical (unpaired) electrons. The lowest BCUT2D eigenvalue weighted by atomic mass is 9.96. The second-order valence-corrected chi connectivity index (χ2v) is 9.04. The Morgan fingerprint density at radius 1 is 1.03 bits per heavy atom. The van der Waals surface area contributed by atoms with Crippen LogP contribution in [0.3, 0.4) is 0 Å². The maximum atomic E-state index is 12.8. The Bertz CT molecular complexity index is 1240. The second-order valence-electron chi connectivity index (χ2n) is 8.61. The van der Waals surface area contributed by atoms with E-state index in [1.165, 1.54) is 13.1 Å². The Labute approximate surface area is 225 Å². The fourth-order valence-corrected chi connectivity index (χ4v) is 3.87. The highest BCUT2D eigenvalue weighted by Gasteiger charge is 2.26. The molecular weight excluding hydrogens is 514 g/mol. The molecule has 10 nitrogen and oxygen atoms in total. The molecule has 3 rings (SSSR count). The average Bonchev–Trinajstić information content (AvgIpc) is 3.24. The molecule has 0 saturated heterocycles. The Morgan fingerprint density at radius 2 is 1.71 bits per heavy atom. The number of amides is 1. The zero-order valence-electron chi connectivity index (χ0n) is 21.1. The highest BCUT2D eigenvalue weighted by molar-refractivity contribution is 6.30. The highest BCUT2D eigenvalue weighted by atomic mass is 35.5. The summed E-state index contributed by atoms with van der Waals surface area (Å²) in [5.74, 6) is -1.97. The third-order valence-electron chi connectivity index (χ3n) is 5.75. The van der Waals surface area contributed by atoms with E-state index >= 15 is 0 Å². The number of aromatic hydroxyl groups is 1. The fraction of sp³-hybridized carbons (Fsp3) is 0.333. The van der Waals surface area contributed by atoms with E-state index in [1.54, 1.807) is 18.2 Å². The van der Waals surface area contributed by atoms with Crippen molar-refractivity contribution in [1.82, 2.24) is 15.1 Å². The molecule has 2 aromatic carbocycles. The van der Waals surface area contributed by atoms with E-state index in [0.29, 0.717) is 17.0 Å². The first-order valence-electron chi connectivity index (χ1n) is 12.1. The summed E-state index contributed by atoms with van der Waals surface area (Å²) in [6.07, 6.45) is -0.498. The summed E-state index contributed by atoms with van der Waals surface area (Å²) in [4.78, 5) is 36.4. The monoisotopic (exact) mass is 543 g/mol. The van der Waals surface area contributed by atoms with Crippen molar-refractivity contribution in [3.8, 4) is 17.0 Å². The van der Waals surface area contributed by atoms with Gasteiger partial charge in [0.1, 0.15) is 0 Å². The van der Waals surface area contributed by atoms with Crippen LogP contribution in [0.15, 0.2) is 54.6 Å². The molecule has 38 heavy (non-hydrogen) atoms. The molecule has 0 aliphatic heterocycles. The summed E-state index contributed by atoms with van der Waals surface area (Å²) >= 11 is 6.09. The third-order valence-corrected chi connectivity index (χ3v) is 5.98. The Morgan fingerprint density at radius 3 is 2.32 bits per heavy atom. The first-order valence-corrected chi connectivity index (χ1v) is 12.4. The quantitative estimate of drug-likeness (QED) is 0.231. The van der Waals surface area contributed by atoms with E-state index in [2.05, 4.69) is 10.4 Å². The van der Waals surface area contributed by atoms with Crippen molar-refractivity contribution in [2.24, 2.45) is 7.05 Å². The number of hydrogen-bond acceptors (Lipinski definition) is 8. The standard InChI is InChI=1S/C27H30ClN3O7/c1-3-5-24(33)37-16-38-25(34)13-12-21(29-27(36)22-15-23(32)31(2)30-22)26(35)18-10-8-17(9-11-18)19-6-4-7-20(28)14-19/h4,6-11,14-15,21,26,32,35H,3,5,12-13,16H2,1-2H3,(H,29,36)/t21-,26?/m1/s1. The molecule has 0 aliphatic rings. The molecule has 202 valence electrons. The molecule has 1 unspecified atom stereocenters. The number of ether oxygens (including phenoxy) is 2. The van der Waals surface area contributed by atoms with Gasteiger partial charge in [-0.25, -0.2) is 4.68 Å². The van der Waals surface area contributed by atoms with Gasteiger partial charge in [-0.1, -0.05) is 54.9 Å². The molecule has 0 fully saturated rings. The number of aliphatic hydroxyl groups is 1. The van der Waals surface area contributed by atoms with E-state index < -0.39 is 36.8 Å². The molecule has 3 N–H and O–H groups in total. The lowest BCUT2D eigenvalue weighted by molar-refractivity contribution is -0.167. The zero-order valence-corrected chi connectivity index (χ0v) is 21.9. The topological polar surface area (TPSA) is 140 Å². The number of aliphatic hydroxyl groups excluding tert-OH is 1. The zero-order chi connectivity index (χ0) is 27.7. The van der Waals surface area contributed by atoms with Gasteiger partial charge in [0.2, 0.25) is 12.7 Å². The molecule has 1 heterocycles. The number of carbonyl (C=O) groups excluding carboxylic acids is 3. The SMILES string of the molecule is CCCC(=O)OCOC(=O)CC[C@@H](NC(=O)c1cc(O)n(C)n1)C(O)c1ccc(-c2cccc(Cl)c2)cc1. The van der Waals surface area contributed by atoms with Crippen LogP contribution in [0.25, 0.3) is 11.1 Å². The van der Waals surface area contributed by atoms with Crippen LogP contribution in [0.5, 0.6) is 5.88 Å². The molecule has 0 spiro atoms. The van der Waals surface area contributed by atoms with Crippen molar-refractivity contribution in [2.45, 2.75) is 44.8 Å². The van der Waals surface area contributed by atoms with Crippen molar-refractivity contribution in [3.63, 3.8) is 0 Å². The number of nitrogens with one attached hydrogen (secondary N) is 1. The van der Waals surface area contributed by atoms with Gasteiger partial charge in [0, 0.05) is 31.0 Å². The van der Waals surface area contributed by atoms with Crippen LogP contribution in [0.1, 0.15) is 54.8 Å². The Kier molecular flexibility index (Phi) is 10.3. The highest BCUT2D eigenvalue weighted by Crippen LogP contribution is 2.27. The second kappa shape index (κ2) is 13.6. The molecule has 3 aromatic rings. The largest absolute Gasteiger partial charge is 0.493 e. The number of hydrogen-bond donors (Lipinski definition) is 3. The average molecular weight is 544 g/mol. The molecule has 1 aromatic heterocycles. The van der Waals surface area contributed by atoms with Gasteiger partial charge in [-0.15, -0.1) is 0 Å². The van der Waals surface area contributed by atoms with Crippen molar-refractivity contribution in [3.05, 3.63) is 70.9 Å². The molecule has 11 heteroatoms. The predicted octanol–water partition coefficient (Wildman–Crippen LogP) is 3.90. The third kappa shape index (κ3) is 8.06. The van der Waals surface area contributed by atoms with Gasteiger partial charge in [-0.2, -0.15) is 5.10 Å². The minimum absolute atomic E-state index is 0.0174. The van der Waals surface area contributed by atoms with Crippen molar-refractivity contribution < 1.29 is 34.1 Å². The van der Waals surface area contributed by atoms with Crippen LogP contribution < -0.4 is 5.32 Å². The number of esters is 2. The number of carbonyl (C=O) groups is 3. The van der Waals surface area contributed by atoms with Gasteiger partial charge in [0.05, 0.1) is 12.1 Å². The molecule has 1 amide bonds. The van der Waals surface area contributed by atoms with Crippen LogP contribution in [0.2, 0.25) is 5.02 Å². The van der Waals surface area contributed by atoms with Gasteiger partial charge in [-0.3, -0.25) is 14.4 Å². The van der Waals surface area contributed by atoms with Crippen LogP contribution in [-0.2, 0) is 26.1 Å². The van der Waals surface area contributed by atoms with E-state index in [0.717, 1.165) is 15.8 Å². The lowest BCUT2D eigenvalue weighted by Gasteiger charge is -2.24. The molecule has 0 saturated carbocycles. The number of benzene rings is 2. The van der Waals surface area contributed by atoms with E-state index in [-0.39, 0.29) is 30.8 Å². The molecule has 0 aliphatic carbocycles. The molecular formula is C27H30ClN3O7. The number of aromatic nitrogens is 2. The maximum Gasteiger partial charge on any atom is 0.308 e. The van der Waals surface area contributed by atoms with Gasteiger partial charge >= 0.3 is 11.9 Å². The number of aryl methyl sites for hydroxylation is 1.